The quantitative estimate of drug-likeness (QED) is 0.560. The Morgan fingerprint density at radius 3 is 2.13 bits per heavy atom. The third-order valence-electron chi connectivity index (χ3n) is 4.84. The Kier molecular flexibility index (Phi) is 6.51. The second-order valence-corrected chi connectivity index (χ2v) is 6.65. The number of anilines is 2. The molecule has 1 heterocycles. The molecular weight excluding hydrogens is 382 g/mol. The van der Waals surface area contributed by atoms with Crippen molar-refractivity contribution in [2.45, 2.75) is 20.8 Å². The van der Waals surface area contributed by atoms with Crippen LogP contribution in [-0.2, 0) is 9.59 Å². The van der Waals surface area contributed by atoms with Gasteiger partial charge in [0.1, 0.15) is 11.3 Å². The fourth-order valence-corrected chi connectivity index (χ4v) is 3.29. The van der Waals surface area contributed by atoms with E-state index in [1.165, 1.54) is 6.08 Å². The average molecular weight is 407 g/mol. The minimum atomic E-state index is -0.775. The minimum Gasteiger partial charge on any atom is -0.494 e. The van der Waals surface area contributed by atoms with Gasteiger partial charge in [0.25, 0.3) is 11.8 Å². The lowest BCUT2D eigenvalue weighted by molar-refractivity contribution is -0.122. The molecule has 0 bridgehead atoms. The van der Waals surface area contributed by atoms with Gasteiger partial charge in [0.15, 0.2) is 0 Å². The van der Waals surface area contributed by atoms with Crippen LogP contribution in [0.5, 0.6) is 5.75 Å². The van der Waals surface area contributed by atoms with E-state index in [1.54, 1.807) is 24.3 Å². The van der Waals surface area contributed by atoms with Crippen LogP contribution in [0.25, 0.3) is 6.08 Å². The van der Waals surface area contributed by atoms with E-state index in [4.69, 9.17) is 4.74 Å². The van der Waals surface area contributed by atoms with E-state index in [0.717, 1.165) is 23.7 Å². The van der Waals surface area contributed by atoms with Crippen molar-refractivity contribution in [3.05, 3.63) is 59.7 Å². The highest BCUT2D eigenvalue weighted by molar-refractivity contribution is 6.39. The predicted octanol–water partition coefficient (Wildman–Crippen LogP) is 3.60. The van der Waals surface area contributed by atoms with Crippen molar-refractivity contribution in [3.63, 3.8) is 0 Å². The first-order valence-electron chi connectivity index (χ1n) is 9.97. The van der Waals surface area contributed by atoms with Crippen LogP contribution in [0.3, 0.4) is 0 Å². The lowest BCUT2D eigenvalue weighted by Gasteiger charge is -2.26. The van der Waals surface area contributed by atoms with Crippen molar-refractivity contribution in [3.8, 4) is 5.75 Å². The van der Waals surface area contributed by atoms with Crippen molar-refractivity contribution in [1.82, 2.24) is 5.32 Å². The molecule has 1 fully saturated rings. The number of imide groups is 2. The zero-order valence-corrected chi connectivity index (χ0v) is 17.3. The largest absolute Gasteiger partial charge is 0.494 e. The van der Waals surface area contributed by atoms with E-state index < -0.39 is 17.8 Å². The number of urea groups is 1. The van der Waals surface area contributed by atoms with Gasteiger partial charge in [-0.25, -0.2) is 9.69 Å². The maximum Gasteiger partial charge on any atom is 0.335 e. The van der Waals surface area contributed by atoms with Crippen LogP contribution in [0.15, 0.2) is 54.1 Å². The van der Waals surface area contributed by atoms with Crippen molar-refractivity contribution in [1.29, 1.82) is 0 Å². The first-order valence-corrected chi connectivity index (χ1v) is 9.97. The van der Waals surface area contributed by atoms with Crippen LogP contribution in [0.2, 0.25) is 0 Å². The summed E-state index contributed by atoms with van der Waals surface area (Å²) in [5.41, 5.74) is 2.02. The third-order valence-corrected chi connectivity index (χ3v) is 4.84. The lowest BCUT2D eigenvalue weighted by atomic mass is 10.1. The Morgan fingerprint density at radius 2 is 1.57 bits per heavy atom. The third kappa shape index (κ3) is 4.35. The summed E-state index contributed by atoms with van der Waals surface area (Å²) >= 11 is 0. The van der Waals surface area contributed by atoms with Crippen molar-refractivity contribution in [2.75, 3.05) is 29.5 Å². The summed E-state index contributed by atoms with van der Waals surface area (Å²) in [6.45, 7) is 8.31. The number of rotatable bonds is 7. The smallest absolute Gasteiger partial charge is 0.335 e. The topological polar surface area (TPSA) is 79.0 Å². The fraction of sp³-hybridized carbons (Fsp3) is 0.261. The number of nitrogens with one attached hydrogen (secondary N) is 1. The molecule has 7 heteroatoms. The van der Waals surface area contributed by atoms with Crippen LogP contribution in [0, 0.1) is 0 Å². The Morgan fingerprint density at radius 1 is 0.933 bits per heavy atom. The molecule has 1 aliphatic rings. The van der Waals surface area contributed by atoms with Gasteiger partial charge in [-0.05, 0) is 68.8 Å². The molecule has 0 saturated carbocycles. The van der Waals surface area contributed by atoms with Crippen molar-refractivity contribution < 1.29 is 19.1 Å². The van der Waals surface area contributed by atoms with Gasteiger partial charge in [0.2, 0.25) is 0 Å². The Balaban J connectivity index is 1.88. The van der Waals surface area contributed by atoms with Gasteiger partial charge in [-0.2, -0.15) is 0 Å². The number of barbiturate groups is 1. The van der Waals surface area contributed by atoms with Crippen LogP contribution < -0.4 is 19.9 Å². The molecule has 0 spiro atoms. The van der Waals surface area contributed by atoms with E-state index >= 15 is 0 Å². The molecule has 7 nitrogen and oxygen atoms in total. The summed E-state index contributed by atoms with van der Waals surface area (Å²) in [6, 6.07) is 13.4. The summed E-state index contributed by atoms with van der Waals surface area (Å²) in [5, 5.41) is 2.24. The summed E-state index contributed by atoms with van der Waals surface area (Å²) in [4.78, 5) is 40.8. The molecule has 1 N–H and O–H groups in total. The highest BCUT2D eigenvalue weighted by Crippen LogP contribution is 2.25. The molecule has 4 amide bonds. The first kappa shape index (κ1) is 21.1. The molecule has 2 aromatic rings. The molecule has 0 aliphatic carbocycles. The number of hydrogen-bond donors (Lipinski definition) is 1. The second kappa shape index (κ2) is 9.26. The Bertz CT molecular complexity index is 961. The lowest BCUT2D eigenvalue weighted by Crippen LogP contribution is -2.54. The van der Waals surface area contributed by atoms with Crippen LogP contribution in [0.1, 0.15) is 26.3 Å². The number of carbonyl (C=O) groups excluding carboxylic acids is 3. The molecule has 30 heavy (non-hydrogen) atoms. The summed E-state index contributed by atoms with van der Waals surface area (Å²) in [5.74, 6) is -0.744. The van der Waals surface area contributed by atoms with Gasteiger partial charge in [0, 0.05) is 18.8 Å². The fourth-order valence-electron chi connectivity index (χ4n) is 3.29. The first-order chi connectivity index (χ1) is 14.5. The molecule has 3 rings (SSSR count). The van der Waals surface area contributed by atoms with E-state index in [1.807, 2.05) is 31.2 Å². The van der Waals surface area contributed by atoms with Gasteiger partial charge in [-0.15, -0.1) is 0 Å². The zero-order chi connectivity index (χ0) is 21.7. The normalized spacial score (nSPS) is 15.4. The maximum absolute atomic E-state index is 13.0. The summed E-state index contributed by atoms with van der Waals surface area (Å²) in [7, 11) is 0. The van der Waals surface area contributed by atoms with E-state index in [0.29, 0.717) is 23.6 Å². The number of hydrogen-bond acceptors (Lipinski definition) is 5. The molecule has 0 radical (unpaired) electrons. The summed E-state index contributed by atoms with van der Waals surface area (Å²) < 4.78 is 5.39. The van der Waals surface area contributed by atoms with E-state index in [2.05, 4.69) is 24.1 Å². The predicted molar refractivity (Wildman–Crippen MR) is 117 cm³/mol. The number of nitrogens with zero attached hydrogens (tertiary/aromatic N) is 2. The highest BCUT2D eigenvalue weighted by atomic mass is 16.5. The minimum absolute atomic E-state index is 0.0981. The van der Waals surface area contributed by atoms with Gasteiger partial charge >= 0.3 is 6.03 Å². The summed E-state index contributed by atoms with van der Waals surface area (Å²) in [6.07, 6.45) is 1.50. The number of carbonyl (C=O) groups is 3. The molecule has 2 aromatic carbocycles. The second-order valence-electron chi connectivity index (χ2n) is 6.65. The van der Waals surface area contributed by atoms with Gasteiger partial charge < -0.3 is 9.64 Å². The Labute approximate surface area is 175 Å². The molecular formula is C23H25N3O4. The molecule has 156 valence electrons. The standard InChI is InChI=1S/C23H25N3O4/c1-4-25(5-2)17-9-7-16(8-10-17)15-20-21(27)24-23(29)26(22(20)28)18-11-13-19(14-12-18)30-6-3/h7-15H,4-6H2,1-3H3,(H,24,27,29)/b20-15-. The maximum atomic E-state index is 13.0. The van der Waals surface area contributed by atoms with Gasteiger partial charge in [-0.3, -0.25) is 14.9 Å². The van der Waals surface area contributed by atoms with Crippen molar-refractivity contribution in [2.24, 2.45) is 0 Å². The molecule has 1 saturated heterocycles. The number of ether oxygens (including phenoxy) is 1. The molecule has 1 aliphatic heterocycles. The van der Waals surface area contributed by atoms with Crippen LogP contribution >= 0.6 is 0 Å². The molecule has 0 aromatic heterocycles. The molecule has 0 atom stereocenters. The molecule has 0 unspecified atom stereocenters. The SMILES string of the molecule is CCOc1ccc(N2C(=O)NC(=O)/C(=C/c3ccc(N(CC)CC)cc3)C2=O)cc1. The van der Waals surface area contributed by atoms with E-state index in [-0.39, 0.29) is 5.57 Å². The van der Waals surface area contributed by atoms with E-state index in [9.17, 15) is 14.4 Å². The Hall–Kier alpha value is -3.61. The number of benzene rings is 2. The monoisotopic (exact) mass is 407 g/mol. The number of amides is 4. The van der Waals surface area contributed by atoms with Gasteiger partial charge in [0.05, 0.1) is 12.3 Å². The van der Waals surface area contributed by atoms with Gasteiger partial charge in [-0.1, -0.05) is 12.1 Å². The highest BCUT2D eigenvalue weighted by Gasteiger charge is 2.36. The van der Waals surface area contributed by atoms with Crippen LogP contribution in [-0.4, -0.2) is 37.5 Å². The van der Waals surface area contributed by atoms with Crippen LogP contribution in [0.4, 0.5) is 16.2 Å². The average Bonchev–Trinajstić information content (AvgIpc) is 2.74. The zero-order valence-electron chi connectivity index (χ0n) is 17.3. The van der Waals surface area contributed by atoms with Crippen molar-refractivity contribution >= 4 is 35.3 Å².